The largest absolute Gasteiger partial charge is 1.00 e. The third-order valence-electron chi connectivity index (χ3n) is 0. The molecule has 55 heteroatoms. The van der Waals surface area contributed by atoms with Gasteiger partial charge < -0.3 is 281 Å². The molecule has 0 fully saturated rings. The van der Waals surface area contributed by atoms with Crippen LogP contribution in [0.2, 0.25) is 0 Å². The monoisotopic (exact) mass is 1020 g/mol. The minimum atomic E-state index is 0. The van der Waals surface area contributed by atoms with Crippen molar-refractivity contribution in [3.8, 4) is 0 Å². The van der Waals surface area contributed by atoms with Crippen LogP contribution in [0.25, 0.3) is 0 Å². The molecule has 0 spiro atoms. The summed E-state index contributed by atoms with van der Waals surface area (Å²) in [5.74, 6) is 0. The van der Waals surface area contributed by atoms with Crippen molar-refractivity contribution in [2.75, 3.05) is 0 Å². The zero-order valence-electron chi connectivity index (χ0n) is 35.0. The molecule has 0 aromatic heterocycles. The van der Waals surface area contributed by atoms with Crippen LogP contribution in [0.15, 0.2) is 0 Å². The maximum absolute atomic E-state index is 0. The zero-order valence-corrected chi connectivity index (χ0v) is 40.0. The van der Waals surface area contributed by atoms with E-state index in [9.17, 15) is 0 Å². The quantitative estimate of drug-likeness (QED) is 0.204. The first-order valence-corrected chi connectivity index (χ1v) is 0. The second-order valence-corrected chi connectivity index (χ2v) is 0. The Kier molecular flexibility index (Phi) is 7560000. The van der Waals surface area contributed by atoms with Gasteiger partial charge in [0.25, 0.3) is 0 Å². The van der Waals surface area contributed by atoms with Crippen LogP contribution in [0.1, 0.15) is 7.13 Å². The molecule has 0 saturated heterocycles. The molecule has 0 unspecified atom stereocenters. The Morgan fingerprint density at radius 2 is 0.0545 bits per heavy atom. The molecule has 0 saturated carbocycles. The van der Waals surface area contributed by atoms with E-state index in [-0.39, 0.29) is 429 Å². The Labute approximate surface area is 425 Å². The Bertz CT molecular complexity index is 49.0. The van der Waals surface area contributed by atoms with Crippen LogP contribution in [0.5, 0.6) is 0 Å². The van der Waals surface area contributed by atoms with E-state index in [0.29, 0.717) is 0 Å². The van der Waals surface area contributed by atoms with Gasteiger partial charge in [-0.2, -0.15) is 0 Å². The zero-order chi connectivity index (χ0) is 0. The topological polar surface area (TPSA) is 1580 Å². The van der Waals surface area contributed by atoms with Gasteiger partial charge in [0.15, 0.2) is 0 Å². The number of hydrogen-bond acceptors (Lipinski definition) is 0. The van der Waals surface area contributed by atoms with E-state index in [2.05, 4.69) is 0 Å². The molecule has 50 nitrogen and oxygen atoms in total. The van der Waals surface area contributed by atoms with Crippen molar-refractivity contribution >= 4 is 0 Å². The second-order valence-electron chi connectivity index (χ2n) is 0. The third-order valence-corrected chi connectivity index (χ3v) is 0. The SMILES string of the molecule is O.O.O.O.O.O.O.O.O.O.O.O.O.O.O.O.O.O.O.O.O.O.O.O.O.O.O.O.O.O.O.O.O.O.O.O.O.O.O.O.O.O.O.O.O.O.O.O.O.O.[H-].[H-].[H-].[H-].[H-].[Na+].[Na+].[Na+].[Na+].[Na+]. The number of hydrogen-bond donors (Lipinski definition) is 0. The van der Waals surface area contributed by atoms with E-state index in [1.807, 2.05) is 0 Å². The fraction of sp³-hybridized carbons (Fsp3) is 0. The van der Waals surface area contributed by atoms with Gasteiger partial charge in [-0.3, -0.25) is 0 Å². The van der Waals surface area contributed by atoms with Gasteiger partial charge in [-0.05, 0) is 0 Å². The van der Waals surface area contributed by atoms with Crippen LogP contribution in [0.3, 0.4) is 0 Å². The van der Waals surface area contributed by atoms with Gasteiger partial charge in [-0.15, -0.1) is 0 Å². The molecule has 0 heterocycles. The molecule has 55 heavy (non-hydrogen) atoms. The molecule has 0 aliphatic heterocycles. The van der Waals surface area contributed by atoms with Crippen LogP contribution in [-0.2, 0) is 0 Å². The van der Waals surface area contributed by atoms with Crippen molar-refractivity contribution in [3.05, 3.63) is 0 Å². The Balaban J connectivity index is 0. The second kappa shape index (κ2) is 19900. The van der Waals surface area contributed by atoms with E-state index >= 15 is 0 Å². The first kappa shape index (κ1) is 20900. The molecule has 0 amide bonds. The van der Waals surface area contributed by atoms with E-state index in [1.54, 1.807) is 0 Å². The molecule has 0 aromatic rings. The molecule has 0 aliphatic rings. The van der Waals surface area contributed by atoms with Gasteiger partial charge in [0.2, 0.25) is 0 Å². The summed E-state index contributed by atoms with van der Waals surface area (Å²) in [6.45, 7) is 0. The van der Waals surface area contributed by atoms with Gasteiger partial charge >= 0.3 is 148 Å². The van der Waals surface area contributed by atoms with E-state index < -0.39 is 0 Å². The third kappa shape index (κ3) is 19200. The molecular weight excluding hydrogens is 915 g/mol. The van der Waals surface area contributed by atoms with Gasteiger partial charge in [-0.1, -0.05) is 0 Å². The van der Waals surface area contributed by atoms with Crippen molar-refractivity contribution in [1.82, 2.24) is 0 Å². The van der Waals surface area contributed by atoms with Crippen LogP contribution in [0, 0.1) is 0 Å². The Morgan fingerprint density at radius 3 is 0.0545 bits per heavy atom. The summed E-state index contributed by atoms with van der Waals surface area (Å²) in [4.78, 5) is 0. The van der Waals surface area contributed by atoms with E-state index in [4.69, 9.17) is 0 Å². The molecule has 0 aliphatic carbocycles. The van der Waals surface area contributed by atoms with Crippen LogP contribution in [-0.4, -0.2) is 274 Å². The Hall–Kier alpha value is 3.00. The average molecular weight is 1020 g/mol. The van der Waals surface area contributed by atoms with Gasteiger partial charge in [0, 0.05) is 0 Å². The van der Waals surface area contributed by atoms with E-state index in [1.165, 1.54) is 0 Å². The predicted molar refractivity (Wildman–Crippen MR) is 186 cm³/mol. The summed E-state index contributed by atoms with van der Waals surface area (Å²) >= 11 is 0. The fourth-order valence-corrected chi connectivity index (χ4v) is 0. The van der Waals surface area contributed by atoms with Crippen LogP contribution >= 0.6 is 0 Å². The molecule has 0 atom stereocenters. The van der Waals surface area contributed by atoms with Gasteiger partial charge in [0.1, 0.15) is 0 Å². The maximum atomic E-state index is 0. The summed E-state index contributed by atoms with van der Waals surface area (Å²) in [6, 6.07) is 0. The minimum Gasteiger partial charge on any atom is -1.00 e. The van der Waals surface area contributed by atoms with Crippen molar-refractivity contribution in [2.24, 2.45) is 0 Å². The van der Waals surface area contributed by atoms with Crippen molar-refractivity contribution in [3.63, 3.8) is 0 Å². The molecule has 410 valence electrons. The molecular formula is H105Na5O50. The van der Waals surface area contributed by atoms with Crippen LogP contribution in [0.4, 0.5) is 0 Å². The minimum absolute atomic E-state index is 0. The van der Waals surface area contributed by atoms with Crippen molar-refractivity contribution in [1.29, 1.82) is 0 Å². The van der Waals surface area contributed by atoms with E-state index in [0.717, 1.165) is 0 Å². The normalized spacial score (nSPS) is 0. The standard InChI is InChI=1S/5Na.50H2O.5H/h;;;;;50*1H2;;;;;/q5*+1;;;;;;;;;;;;;;;;;;;;;;;;;;;;;;;;;;;;;;;;;;;;;;;;;;;5*-1. The molecule has 100 N–H and O–H groups in total. The molecule has 0 radical (unpaired) electrons. The smallest absolute Gasteiger partial charge is 1.00 e. The van der Waals surface area contributed by atoms with Gasteiger partial charge in [0.05, 0.1) is 0 Å². The first-order valence-electron chi connectivity index (χ1n) is 0. The van der Waals surface area contributed by atoms with Crippen molar-refractivity contribution in [2.45, 2.75) is 0 Å². The number of rotatable bonds is 0. The van der Waals surface area contributed by atoms with Crippen LogP contribution < -0.4 is 148 Å². The van der Waals surface area contributed by atoms with Gasteiger partial charge in [-0.25, -0.2) is 0 Å². The summed E-state index contributed by atoms with van der Waals surface area (Å²) in [6.07, 6.45) is 0. The van der Waals surface area contributed by atoms with Crippen molar-refractivity contribution < 1.29 is 429 Å². The molecule has 0 bridgehead atoms. The summed E-state index contributed by atoms with van der Waals surface area (Å²) in [5.41, 5.74) is 0. The fourth-order valence-electron chi connectivity index (χ4n) is 0. The Morgan fingerprint density at radius 1 is 0.0545 bits per heavy atom. The summed E-state index contributed by atoms with van der Waals surface area (Å²) < 4.78 is 0. The maximum Gasteiger partial charge on any atom is 1.00 e. The average Bonchev–Trinajstić information content (AvgIpc) is 0. The predicted octanol–water partition coefficient (Wildman–Crippen LogP) is -55.7. The molecule has 0 rings (SSSR count). The first-order chi connectivity index (χ1) is 0. The summed E-state index contributed by atoms with van der Waals surface area (Å²) in [7, 11) is 0. The summed E-state index contributed by atoms with van der Waals surface area (Å²) in [5, 5.41) is 0. The molecule has 0 aromatic carbocycles.